The minimum absolute atomic E-state index is 0.208. The van der Waals surface area contributed by atoms with Crippen molar-refractivity contribution in [3.63, 3.8) is 0 Å². The number of rotatable bonds is 3. The van der Waals surface area contributed by atoms with Gasteiger partial charge in [0, 0.05) is 6.04 Å². The van der Waals surface area contributed by atoms with Crippen LogP contribution in [0.1, 0.15) is 20.3 Å². The van der Waals surface area contributed by atoms with E-state index in [1.165, 1.54) is 6.20 Å². The van der Waals surface area contributed by atoms with E-state index in [0.29, 0.717) is 17.5 Å². The molecule has 0 amide bonds. The molecule has 72 valence electrons. The van der Waals surface area contributed by atoms with Crippen molar-refractivity contribution in [2.24, 2.45) is 0 Å². The largest absolute Gasteiger partial charge is 0.394 e. The first kappa shape index (κ1) is 10.1. The van der Waals surface area contributed by atoms with Crippen LogP contribution >= 0.6 is 11.6 Å². The molecule has 0 fully saturated rings. The second-order valence-electron chi connectivity index (χ2n) is 2.90. The highest BCUT2D eigenvalue weighted by Crippen LogP contribution is 2.17. The Balaban J connectivity index is 2.81. The van der Waals surface area contributed by atoms with Crippen LogP contribution in [0.4, 0.5) is 11.5 Å². The van der Waals surface area contributed by atoms with Crippen molar-refractivity contribution in [2.45, 2.75) is 26.3 Å². The standard InChI is InChI=1S/C8H13ClN4/c1-3-5(2)12-7-6(10)4-11-8(9)13-7/h4-5H,3,10H2,1-2H3,(H,11,12,13)/t5-/m1/s1. The van der Waals surface area contributed by atoms with Gasteiger partial charge in [-0.25, -0.2) is 4.98 Å². The Kier molecular flexibility index (Phi) is 3.31. The van der Waals surface area contributed by atoms with E-state index in [0.717, 1.165) is 6.42 Å². The Morgan fingerprint density at radius 2 is 2.38 bits per heavy atom. The molecule has 0 aliphatic heterocycles. The van der Waals surface area contributed by atoms with Gasteiger partial charge in [0.1, 0.15) is 0 Å². The molecule has 0 saturated carbocycles. The number of anilines is 2. The molecule has 1 aromatic rings. The summed E-state index contributed by atoms with van der Waals surface area (Å²) in [6.07, 6.45) is 2.50. The molecular weight excluding hydrogens is 188 g/mol. The molecule has 0 aromatic carbocycles. The summed E-state index contributed by atoms with van der Waals surface area (Å²) in [6.45, 7) is 4.13. The number of nitrogens with zero attached hydrogens (tertiary/aromatic N) is 2. The first-order chi connectivity index (χ1) is 6.13. The number of aromatic nitrogens is 2. The van der Waals surface area contributed by atoms with Crippen LogP contribution in [0.15, 0.2) is 6.20 Å². The topological polar surface area (TPSA) is 63.8 Å². The smallest absolute Gasteiger partial charge is 0.224 e. The lowest BCUT2D eigenvalue weighted by Gasteiger charge is -2.13. The molecule has 1 atom stereocenters. The fraction of sp³-hybridized carbons (Fsp3) is 0.500. The molecule has 0 unspecified atom stereocenters. The molecule has 1 heterocycles. The van der Waals surface area contributed by atoms with Gasteiger partial charge in [-0.05, 0) is 24.9 Å². The normalized spacial score (nSPS) is 12.5. The van der Waals surface area contributed by atoms with Crippen molar-refractivity contribution in [3.05, 3.63) is 11.5 Å². The maximum atomic E-state index is 5.65. The van der Waals surface area contributed by atoms with Crippen LogP contribution in [0.2, 0.25) is 5.28 Å². The first-order valence-corrected chi connectivity index (χ1v) is 4.55. The van der Waals surface area contributed by atoms with Crippen molar-refractivity contribution >= 4 is 23.1 Å². The third-order valence-electron chi connectivity index (χ3n) is 1.78. The predicted octanol–water partition coefficient (Wildman–Crippen LogP) is 1.92. The second kappa shape index (κ2) is 4.28. The van der Waals surface area contributed by atoms with Gasteiger partial charge in [0.05, 0.1) is 11.9 Å². The summed E-state index contributed by atoms with van der Waals surface area (Å²) in [5, 5.41) is 3.35. The predicted molar refractivity (Wildman–Crippen MR) is 54.8 cm³/mol. The Hall–Kier alpha value is -1.03. The third-order valence-corrected chi connectivity index (χ3v) is 1.97. The molecule has 1 aromatic heterocycles. The fourth-order valence-electron chi connectivity index (χ4n) is 0.821. The van der Waals surface area contributed by atoms with Crippen LogP contribution in [-0.2, 0) is 0 Å². The van der Waals surface area contributed by atoms with Gasteiger partial charge in [0.15, 0.2) is 5.82 Å². The van der Waals surface area contributed by atoms with Gasteiger partial charge in [0.2, 0.25) is 5.28 Å². The maximum absolute atomic E-state index is 5.65. The number of hydrogen-bond donors (Lipinski definition) is 2. The molecule has 5 heteroatoms. The number of nitrogens with two attached hydrogens (primary N) is 1. The number of halogens is 1. The molecule has 0 saturated heterocycles. The van der Waals surface area contributed by atoms with Gasteiger partial charge in [-0.3, -0.25) is 0 Å². The lowest BCUT2D eigenvalue weighted by Crippen LogP contribution is -2.16. The van der Waals surface area contributed by atoms with Crippen molar-refractivity contribution < 1.29 is 0 Å². The quantitative estimate of drug-likeness (QED) is 0.732. The second-order valence-corrected chi connectivity index (χ2v) is 3.23. The Morgan fingerprint density at radius 3 is 3.00 bits per heavy atom. The number of hydrogen-bond acceptors (Lipinski definition) is 4. The zero-order valence-corrected chi connectivity index (χ0v) is 8.47. The van der Waals surface area contributed by atoms with Gasteiger partial charge in [-0.1, -0.05) is 6.92 Å². The summed E-state index contributed by atoms with van der Waals surface area (Å²) < 4.78 is 0. The zero-order chi connectivity index (χ0) is 9.84. The summed E-state index contributed by atoms with van der Waals surface area (Å²) in [5.74, 6) is 0.606. The molecule has 1 rings (SSSR count). The lowest BCUT2D eigenvalue weighted by atomic mass is 10.2. The van der Waals surface area contributed by atoms with Crippen molar-refractivity contribution in [3.8, 4) is 0 Å². The van der Waals surface area contributed by atoms with Crippen molar-refractivity contribution in [1.29, 1.82) is 0 Å². The number of nitrogens with one attached hydrogen (secondary N) is 1. The zero-order valence-electron chi connectivity index (χ0n) is 7.71. The minimum atomic E-state index is 0.208. The summed E-state index contributed by atoms with van der Waals surface area (Å²) in [4.78, 5) is 7.74. The average molecular weight is 201 g/mol. The van der Waals surface area contributed by atoms with E-state index < -0.39 is 0 Å². The van der Waals surface area contributed by atoms with Gasteiger partial charge in [-0.15, -0.1) is 0 Å². The molecule has 3 N–H and O–H groups in total. The highest BCUT2D eigenvalue weighted by molar-refractivity contribution is 6.28. The van der Waals surface area contributed by atoms with Gasteiger partial charge >= 0.3 is 0 Å². The highest BCUT2D eigenvalue weighted by Gasteiger charge is 2.05. The van der Waals surface area contributed by atoms with Gasteiger partial charge in [0.25, 0.3) is 0 Å². The monoisotopic (exact) mass is 200 g/mol. The van der Waals surface area contributed by atoms with E-state index in [2.05, 4.69) is 29.1 Å². The molecule has 0 aliphatic rings. The van der Waals surface area contributed by atoms with Crippen LogP contribution in [0.5, 0.6) is 0 Å². The van der Waals surface area contributed by atoms with E-state index in [-0.39, 0.29) is 5.28 Å². The van der Waals surface area contributed by atoms with E-state index in [1.807, 2.05) is 0 Å². The SMILES string of the molecule is CC[C@@H](C)Nc1nc(Cl)ncc1N. The summed E-state index contributed by atoms with van der Waals surface area (Å²) in [6, 6.07) is 0.327. The molecule has 13 heavy (non-hydrogen) atoms. The van der Waals surface area contributed by atoms with Gasteiger partial charge < -0.3 is 11.1 Å². The molecule has 4 nitrogen and oxygen atoms in total. The van der Waals surface area contributed by atoms with E-state index >= 15 is 0 Å². The fourth-order valence-corrected chi connectivity index (χ4v) is 0.954. The van der Waals surface area contributed by atoms with Crippen molar-refractivity contribution in [1.82, 2.24) is 9.97 Å². The Labute approximate surface area is 82.5 Å². The highest BCUT2D eigenvalue weighted by atomic mass is 35.5. The van der Waals surface area contributed by atoms with Crippen LogP contribution in [0.3, 0.4) is 0 Å². The molecule has 0 spiro atoms. The first-order valence-electron chi connectivity index (χ1n) is 4.18. The molecule has 0 aliphatic carbocycles. The number of nitrogen functional groups attached to an aromatic ring is 1. The molecule has 0 radical (unpaired) electrons. The van der Waals surface area contributed by atoms with Crippen LogP contribution in [-0.4, -0.2) is 16.0 Å². The average Bonchev–Trinajstić information content (AvgIpc) is 2.11. The third kappa shape index (κ3) is 2.73. The minimum Gasteiger partial charge on any atom is -0.394 e. The maximum Gasteiger partial charge on any atom is 0.224 e. The summed E-state index contributed by atoms with van der Waals surface area (Å²) in [5.41, 5.74) is 6.16. The van der Waals surface area contributed by atoms with Crippen LogP contribution in [0, 0.1) is 0 Å². The Bertz CT molecular complexity index is 289. The Morgan fingerprint density at radius 1 is 1.69 bits per heavy atom. The van der Waals surface area contributed by atoms with Crippen molar-refractivity contribution in [2.75, 3.05) is 11.1 Å². The van der Waals surface area contributed by atoms with Crippen LogP contribution < -0.4 is 11.1 Å². The van der Waals surface area contributed by atoms with Crippen LogP contribution in [0.25, 0.3) is 0 Å². The summed E-state index contributed by atoms with van der Waals surface area (Å²) in [7, 11) is 0. The lowest BCUT2D eigenvalue weighted by molar-refractivity contribution is 0.759. The van der Waals surface area contributed by atoms with E-state index in [1.54, 1.807) is 0 Å². The van der Waals surface area contributed by atoms with E-state index in [9.17, 15) is 0 Å². The molecular formula is C8H13ClN4. The summed E-state index contributed by atoms with van der Waals surface area (Å²) >= 11 is 5.63. The molecule has 0 bridgehead atoms. The van der Waals surface area contributed by atoms with E-state index in [4.69, 9.17) is 17.3 Å². The van der Waals surface area contributed by atoms with Gasteiger partial charge in [-0.2, -0.15) is 4.98 Å².